The van der Waals surface area contributed by atoms with Gasteiger partial charge in [-0.1, -0.05) is 6.42 Å². The van der Waals surface area contributed by atoms with Crippen LogP contribution in [0.1, 0.15) is 51.9 Å². The number of carbonyl (C=O) groups is 1. The van der Waals surface area contributed by atoms with E-state index < -0.39 is 0 Å². The minimum atomic E-state index is -0.189. The van der Waals surface area contributed by atoms with Gasteiger partial charge in [0, 0.05) is 24.5 Å². The Morgan fingerprint density at radius 3 is 2.78 bits per heavy atom. The molecular weight excluding hydrogens is 228 g/mol. The van der Waals surface area contributed by atoms with E-state index in [-0.39, 0.29) is 5.91 Å². The third-order valence-corrected chi connectivity index (χ3v) is 4.68. The fourth-order valence-electron chi connectivity index (χ4n) is 3.43. The van der Waals surface area contributed by atoms with Crippen molar-refractivity contribution in [2.45, 2.75) is 64.0 Å². The average Bonchev–Trinajstić information content (AvgIpc) is 2.23. The molecule has 1 spiro atoms. The van der Waals surface area contributed by atoms with Crippen molar-refractivity contribution in [3.63, 3.8) is 0 Å². The monoisotopic (exact) mass is 254 g/mol. The second kappa shape index (κ2) is 6.02. The quantitative estimate of drug-likeness (QED) is 0.646. The van der Waals surface area contributed by atoms with E-state index in [9.17, 15) is 4.79 Å². The summed E-state index contributed by atoms with van der Waals surface area (Å²) >= 11 is 0. The molecule has 2 atom stereocenters. The summed E-state index contributed by atoms with van der Waals surface area (Å²) < 4.78 is 5.82. The van der Waals surface area contributed by atoms with Crippen LogP contribution >= 0.6 is 0 Å². The van der Waals surface area contributed by atoms with Gasteiger partial charge in [-0.2, -0.15) is 0 Å². The maximum atomic E-state index is 10.6. The molecule has 2 fully saturated rings. The molecule has 0 aromatic rings. The zero-order chi connectivity index (χ0) is 13.0. The zero-order valence-electron chi connectivity index (χ0n) is 11.4. The fraction of sp³-hybridized carbons (Fsp3) is 0.929. The number of amides is 1. The van der Waals surface area contributed by atoms with Crippen LogP contribution in [0.15, 0.2) is 0 Å². The molecule has 0 heterocycles. The molecule has 0 aliphatic heterocycles. The first-order chi connectivity index (χ1) is 8.69. The van der Waals surface area contributed by atoms with Crippen molar-refractivity contribution in [1.82, 2.24) is 5.32 Å². The second-order valence-electron chi connectivity index (χ2n) is 5.70. The minimum Gasteiger partial charge on any atom is -0.378 e. The van der Waals surface area contributed by atoms with Crippen molar-refractivity contribution >= 4 is 5.91 Å². The first-order valence-electron chi connectivity index (χ1n) is 7.32. The second-order valence-corrected chi connectivity index (χ2v) is 5.70. The molecule has 0 aromatic heterocycles. The van der Waals surface area contributed by atoms with Gasteiger partial charge < -0.3 is 15.8 Å². The van der Waals surface area contributed by atoms with Crippen molar-refractivity contribution in [1.29, 1.82) is 0 Å². The summed E-state index contributed by atoms with van der Waals surface area (Å²) in [7, 11) is 0. The summed E-state index contributed by atoms with van der Waals surface area (Å²) in [5.41, 5.74) is 5.57. The number of hydrogen-bond donors (Lipinski definition) is 2. The highest BCUT2D eigenvalue weighted by molar-refractivity contribution is 5.73. The highest BCUT2D eigenvalue weighted by Gasteiger charge is 2.58. The number of nitrogens with one attached hydrogen (secondary N) is 1. The molecular formula is C14H26N2O2. The Hall–Kier alpha value is -0.610. The van der Waals surface area contributed by atoms with E-state index in [1.807, 2.05) is 0 Å². The van der Waals surface area contributed by atoms with Crippen LogP contribution in [-0.4, -0.2) is 31.2 Å². The van der Waals surface area contributed by atoms with Gasteiger partial charge in [0.25, 0.3) is 0 Å². The Morgan fingerprint density at radius 2 is 2.22 bits per heavy atom. The van der Waals surface area contributed by atoms with Crippen LogP contribution in [0.3, 0.4) is 0 Å². The summed E-state index contributed by atoms with van der Waals surface area (Å²) in [6.07, 6.45) is 8.07. The fourth-order valence-corrected chi connectivity index (χ4v) is 3.43. The van der Waals surface area contributed by atoms with Gasteiger partial charge in [0.1, 0.15) is 0 Å². The Bertz CT molecular complexity index is 290. The molecule has 2 aliphatic rings. The number of hydrogen-bond acceptors (Lipinski definition) is 3. The van der Waals surface area contributed by atoms with Gasteiger partial charge in [0.2, 0.25) is 5.91 Å². The van der Waals surface area contributed by atoms with Crippen LogP contribution in [0.25, 0.3) is 0 Å². The van der Waals surface area contributed by atoms with Crippen LogP contribution in [0.4, 0.5) is 0 Å². The van der Waals surface area contributed by atoms with Crippen molar-refractivity contribution in [2.75, 3.05) is 13.2 Å². The third kappa shape index (κ3) is 2.69. The molecule has 3 N–H and O–H groups in total. The maximum Gasteiger partial charge on any atom is 0.217 e. The first kappa shape index (κ1) is 13.8. The molecule has 2 aliphatic carbocycles. The molecule has 18 heavy (non-hydrogen) atoms. The molecule has 2 unspecified atom stereocenters. The lowest BCUT2D eigenvalue weighted by Crippen LogP contribution is -2.66. The first-order valence-corrected chi connectivity index (χ1v) is 7.32. The molecule has 1 amide bonds. The topological polar surface area (TPSA) is 64.3 Å². The van der Waals surface area contributed by atoms with Gasteiger partial charge >= 0.3 is 0 Å². The molecule has 0 bridgehead atoms. The predicted molar refractivity (Wildman–Crippen MR) is 71.2 cm³/mol. The SMILES string of the molecule is CCOC1CC(NCCCCC(N)=O)C12CCC2. The van der Waals surface area contributed by atoms with Gasteiger partial charge in [-0.25, -0.2) is 0 Å². The van der Waals surface area contributed by atoms with E-state index in [0.29, 0.717) is 24.0 Å². The van der Waals surface area contributed by atoms with Gasteiger partial charge in [-0.15, -0.1) is 0 Å². The standard InChI is InChI=1S/C14H26N2O2/c1-2-18-12-10-11(14(12)7-5-8-14)16-9-4-3-6-13(15)17/h11-12,16H,2-10H2,1H3,(H2,15,17). The number of carbonyl (C=O) groups excluding carboxylic acids is 1. The number of primary amides is 1. The van der Waals surface area contributed by atoms with E-state index in [4.69, 9.17) is 10.5 Å². The lowest BCUT2D eigenvalue weighted by atomic mass is 9.51. The van der Waals surface area contributed by atoms with Gasteiger partial charge in [-0.05, 0) is 45.6 Å². The van der Waals surface area contributed by atoms with Crippen molar-refractivity contribution in [3.05, 3.63) is 0 Å². The molecule has 0 radical (unpaired) electrons. The van der Waals surface area contributed by atoms with E-state index in [1.54, 1.807) is 0 Å². The lowest BCUT2D eigenvalue weighted by molar-refractivity contribution is -0.172. The Balaban J connectivity index is 1.64. The largest absolute Gasteiger partial charge is 0.378 e. The van der Waals surface area contributed by atoms with Crippen LogP contribution in [0.5, 0.6) is 0 Å². The molecule has 0 saturated heterocycles. The third-order valence-electron chi connectivity index (χ3n) is 4.68. The summed E-state index contributed by atoms with van der Waals surface area (Å²) in [5, 5.41) is 3.64. The van der Waals surface area contributed by atoms with Crippen LogP contribution < -0.4 is 11.1 Å². The number of rotatable bonds is 8. The van der Waals surface area contributed by atoms with Crippen LogP contribution in [-0.2, 0) is 9.53 Å². The highest BCUT2D eigenvalue weighted by atomic mass is 16.5. The molecule has 104 valence electrons. The Labute approximate surface area is 110 Å². The average molecular weight is 254 g/mol. The summed E-state index contributed by atoms with van der Waals surface area (Å²) in [6, 6.07) is 0.636. The molecule has 0 aromatic carbocycles. The van der Waals surface area contributed by atoms with E-state index in [1.165, 1.54) is 19.3 Å². The molecule has 4 heteroatoms. The van der Waals surface area contributed by atoms with Gasteiger partial charge in [-0.3, -0.25) is 4.79 Å². The van der Waals surface area contributed by atoms with Crippen LogP contribution in [0.2, 0.25) is 0 Å². The number of unbranched alkanes of at least 4 members (excludes halogenated alkanes) is 1. The van der Waals surface area contributed by atoms with E-state index in [2.05, 4.69) is 12.2 Å². The summed E-state index contributed by atoms with van der Waals surface area (Å²) in [5.74, 6) is -0.189. The van der Waals surface area contributed by atoms with Gasteiger partial charge in [0.05, 0.1) is 6.10 Å². The molecule has 4 nitrogen and oxygen atoms in total. The predicted octanol–water partition coefficient (Wildman–Crippen LogP) is 1.58. The number of nitrogens with two attached hydrogens (primary N) is 1. The Morgan fingerprint density at radius 1 is 1.44 bits per heavy atom. The van der Waals surface area contributed by atoms with Crippen molar-refractivity contribution in [2.24, 2.45) is 11.1 Å². The summed E-state index contributed by atoms with van der Waals surface area (Å²) in [4.78, 5) is 10.6. The number of ether oxygens (including phenoxy) is 1. The van der Waals surface area contributed by atoms with E-state index >= 15 is 0 Å². The van der Waals surface area contributed by atoms with Crippen molar-refractivity contribution < 1.29 is 9.53 Å². The maximum absolute atomic E-state index is 10.6. The smallest absolute Gasteiger partial charge is 0.217 e. The minimum absolute atomic E-state index is 0.189. The normalized spacial score (nSPS) is 28.7. The van der Waals surface area contributed by atoms with Crippen molar-refractivity contribution in [3.8, 4) is 0 Å². The van der Waals surface area contributed by atoms with Crippen LogP contribution in [0, 0.1) is 5.41 Å². The highest BCUT2D eigenvalue weighted by Crippen LogP contribution is 2.57. The van der Waals surface area contributed by atoms with Gasteiger partial charge in [0.15, 0.2) is 0 Å². The summed E-state index contributed by atoms with van der Waals surface area (Å²) in [6.45, 7) is 3.91. The van der Waals surface area contributed by atoms with E-state index in [0.717, 1.165) is 32.4 Å². The Kier molecular flexibility index (Phi) is 4.62. The zero-order valence-corrected chi connectivity index (χ0v) is 11.4. The molecule has 2 saturated carbocycles. The lowest BCUT2D eigenvalue weighted by Gasteiger charge is -2.61. The molecule has 2 rings (SSSR count).